The Morgan fingerprint density at radius 3 is 1.68 bits per heavy atom. The molecule has 0 saturated heterocycles. The Bertz CT molecular complexity index is 3340. The van der Waals surface area contributed by atoms with Crippen molar-refractivity contribution in [3.63, 3.8) is 0 Å². The van der Waals surface area contributed by atoms with Crippen LogP contribution in [0.4, 0.5) is 17.1 Å². The Kier molecular flexibility index (Phi) is 6.17. The first-order valence-corrected chi connectivity index (χ1v) is 18.8. The molecule has 0 N–H and O–H groups in total. The van der Waals surface area contributed by atoms with Crippen LogP contribution >= 0.6 is 0 Å². The molecule has 0 spiro atoms. The largest absolute Gasteiger partial charge is 0.311 e. The summed E-state index contributed by atoms with van der Waals surface area (Å²) in [6.45, 7) is 4.49. The van der Waals surface area contributed by atoms with E-state index in [1.165, 1.54) is 27.6 Å². The van der Waals surface area contributed by atoms with Gasteiger partial charge in [0, 0.05) is 22.5 Å². The molecule has 9 aromatic carbocycles. The van der Waals surface area contributed by atoms with E-state index in [9.17, 15) is 5.48 Å². The van der Waals surface area contributed by atoms with Crippen LogP contribution in [-0.2, 0) is 5.41 Å². The molecule has 56 heavy (non-hydrogen) atoms. The molecule has 1 heteroatoms. The van der Waals surface area contributed by atoms with Crippen LogP contribution in [0.5, 0.6) is 0 Å². The van der Waals surface area contributed by atoms with Crippen molar-refractivity contribution in [1.82, 2.24) is 0 Å². The molecule has 0 unspecified atom stereocenters. The summed E-state index contributed by atoms with van der Waals surface area (Å²) >= 11 is 0. The molecule has 0 saturated carbocycles. The first kappa shape index (κ1) is 25.2. The van der Waals surface area contributed by atoms with Crippen LogP contribution in [0.1, 0.15) is 37.3 Å². The quantitative estimate of drug-likeness (QED) is 0.158. The number of hydrogen-bond donors (Lipinski definition) is 0. The van der Waals surface area contributed by atoms with Crippen LogP contribution < -0.4 is 4.90 Å². The molecule has 9 aromatic rings. The van der Waals surface area contributed by atoms with Crippen LogP contribution in [-0.4, -0.2) is 0 Å². The SMILES string of the molecule is [2H]c1c([2H])c([2H])c(-c2c([2H])c([2H])c(N(c3ccc(-c4cccc(-c5ccc6ccccc6c5)c4)cc3)c3ccc(-c4cccc5c4C(C)(C)c4ccccc4-5)cc3)c([2H])c2[2H])c([2H])c1[2H]. The zero-order valence-electron chi connectivity index (χ0n) is 40.0. The molecule has 0 radical (unpaired) electrons. The standard InChI is InChI=1S/C55H41N/c1-55(2)53-21-9-8-18-51(53)52-20-11-19-50(54(52)55)42-28-34-49(35-29-42)56(47-30-24-40(25-31-47)38-12-4-3-5-13-38)48-32-26-41(27-33-48)44-16-10-17-45(36-44)46-23-22-39-14-6-7-15-43(39)37-46/h3-37H,1-2H3/i3D,4D,5D,12D,13D,24D,25D,30D,31D. The first-order chi connectivity index (χ1) is 31.3. The van der Waals surface area contributed by atoms with Gasteiger partial charge in [-0.15, -0.1) is 0 Å². The van der Waals surface area contributed by atoms with E-state index in [0.29, 0.717) is 11.4 Å². The van der Waals surface area contributed by atoms with Crippen molar-refractivity contribution >= 4 is 27.8 Å². The van der Waals surface area contributed by atoms with Gasteiger partial charge in [-0.2, -0.15) is 0 Å². The molecule has 0 heterocycles. The summed E-state index contributed by atoms with van der Waals surface area (Å²) in [4.78, 5) is 1.70. The summed E-state index contributed by atoms with van der Waals surface area (Å²) < 4.78 is 79.3. The summed E-state index contributed by atoms with van der Waals surface area (Å²) in [6.07, 6.45) is 0. The van der Waals surface area contributed by atoms with Crippen molar-refractivity contribution in [2.75, 3.05) is 4.90 Å². The zero-order chi connectivity index (χ0) is 45.5. The smallest absolute Gasteiger partial charge is 0.0645 e. The lowest BCUT2D eigenvalue weighted by Crippen LogP contribution is -2.16. The highest BCUT2D eigenvalue weighted by molar-refractivity contribution is 5.90. The van der Waals surface area contributed by atoms with Gasteiger partial charge >= 0.3 is 0 Å². The molecule has 1 aliphatic rings. The first-order valence-electron chi connectivity index (χ1n) is 23.3. The third-order valence-corrected chi connectivity index (χ3v) is 11.0. The van der Waals surface area contributed by atoms with Gasteiger partial charge in [0.1, 0.15) is 0 Å². The van der Waals surface area contributed by atoms with Crippen LogP contribution in [0.2, 0.25) is 0 Å². The average molecular weight is 725 g/mol. The summed E-state index contributed by atoms with van der Waals surface area (Å²) in [6, 6.07) is 48.6. The van der Waals surface area contributed by atoms with Crippen molar-refractivity contribution in [1.29, 1.82) is 0 Å². The lowest BCUT2D eigenvalue weighted by Gasteiger charge is -2.27. The highest BCUT2D eigenvalue weighted by Crippen LogP contribution is 2.52. The van der Waals surface area contributed by atoms with Crippen molar-refractivity contribution in [3.05, 3.63) is 223 Å². The molecule has 0 amide bonds. The number of hydrogen-bond acceptors (Lipinski definition) is 1. The zero-order valence-corrected chi connectivity index (χ0v) is 31.0. The molecule has 1 nitrogen and oxygen atoms in total. The maximum absolute atomic E-state index is 9.46. The second-order valence-corrected chi connectivity index (χ2v) is 14.7. The maximum Gasteiger partial charge on any atom is 0.0645 e. The van der Waals surface area contributed by atoms with Crippen molar-refractivity contribution in [3.8, 4) is 55.6 Å². The number of anilines is 3. The Labute approximate surface area is 342 Å². The summed E-state index contributed by atoms with van der Waals surface area (Å²) in [5, 5.41) is 2.33. The minimum absolute atomic E-state index is 0.0490. The van der Waals surface area contributed by atoms with Gasteiger partial charge < -0.3 is 4.90 Å². The van der Waals surface area contributed by atoms with Gasteiger partial charge in [0.05, 0.1) is 12.3 Å². The van der Waals surface area contributed by atoms with Gasteiger partial charge in [-0.3, -0.25) is 0 Å². The van der Waals surface area contributed by atoms with E-state index in [0.717, 1.165) is 38.8 Å². The third kappa shape index (κ3) is 5.90. The van der Waals surface area contributed by atoms with Crippen LogP contribution in [0.25, 0.3) is 66.4 Å². The molecule has 0 aromatic heterocycles. The fourth-order valence-electron chi connectivity index (χ4n) is 8.25. The third-order valence-electron chi connectivity index (χ3n) is 11.0. The fraction of sp³-hybridized carbons (Fsp3) is 0.0545. The molecule has 266 valence electrons. The minimum Gasteiger partial charge on any atom is -0.311 e. The number of rotatable bonds is 7. The van der Waals surface area contributed by atoms with Crippen LogP contribution in [0, 0.1) is 0 Å². The molecule has 0 aliphatic heterocycles. The normalized spacial score (nSPS) is 14.9. The minimum atomic E-state index is -0.622. The fourth-order valence-corrected chi connectivity index (χ4v) is 8.25. The molecular weight excluding hydrogens is 675 g/mol. The van der Waals surface area contributed by atoms with Gasteiger partial charge in [-0.05, 0) is 126 Å². The predicted molar refractivity (Wildman–Crippen MR) is 238 cm³/mol. The Balaban J connectivity index is 1.10. The highest BCUT2D eigenvalue weighted by atomic mass is 15.1. The van der Waals surface area contributed by atoms with Crippen LogP contribution in [0.3, 0.4) is 0 Å². The molecule has 0 atom stereocenters. The maximum atomic E-state index is 9.46. The average Bonchev–Trinajstić information content (AvgIpc) is 3.58. The van der Waals surface area contributed by atoms with Gasteiger partial charge in [0.25, 0.3) is 0 Å². The molecule has 0 fully saturated rings. The van der Waals surface area contributed by atoms with E-state index in [-0.39, 0.29) is 22.2 Å². The predicted octanol–water partition coefficient (Wildman–Crippen LogP) is 15.3. The van der Waals surface area contributed by atoms with Gasteiger partial charge in [0.15, 0.2) is 0 Å². The Morgan fingerprint density at radius 1 is 0.375 bits per heavy atom. The highest BCUT2D eigenvalue weighted by Gasteiger charge is 2.37. The van der Waals surface area contributed by atoms with Gasteiger partial charge in [0.2, 0.25) is 0 Å². The molecule has 1 aliphatic carbocycles. The van der Waals surface area contributed by atoms with Crippen molar-refractivity contribution in [2.24, 2.45) is 0 Å². The summed E-state index contributed by atoms with van der Waals surface area (Å²) in [7, 11) is 0. The summed E-state index contributed by atoms with van der Waals surface area (Å²) in [5.41, 5.74) is 11.2. The van der Waals surface area contributed by atoms with E-state index in [2.05, 4.69) is 105 Å². The number of nitrogens with zero attached hydrogens (tertiary/aromatic N) is 1. The second-order valence-electron chi connectivity index (χ2n) is 14.7. The Hall–Kier alpha value is -6.96. The second kappa shape index (κ2) is 13.7. The van der Waals surface area contributed by atoms with Gasteiger partial charge in [-0.25, -0.2) is 0 Å². The Morgan fingerprint density at radius 2 is 0.929 bits per heavy atom. The number of benzene rings is 9. The van der Waals surface area contributed by atoms with Crippen LogP contribution in [0.15, 0.2) is 212 Å². The molecular formula is C55H41N. The molecule has 0 bridgehead atoms. The topological polar surface area (TPSA) is 3.24 Å². The van der Waals surface area contributed by atoms with E-state index >= 15 is 0 Å². The summed E-state index contributed by atoms with van der Waals surface area (Å²) in [5.74, 6) is 0. The lowest BCUT2D eigenvalue weighted by molar-refractivity contribution is 0.662. The van der Waals surface area contributed by atoms with Crippen molar-refractivity contribution in [2.45, 2.75) is 19.3 Å². The number of fused-ring (bicyclic) bond motifs is 4. The van der Waals surface area contributed by atoms with Gasteiger partial charge in [-0.1, -0.05) is 177 Å². The lowest BCUT2D eigenvalue weighted by atomic mass is 9.79. The van der Waals surface area contributed by atoms with E-state index < -0.39 is 54.4 Å². The van der Waals surface area contributed by atoms with E-state index in [1.54, 1.807) is 4.90 Å². The van der Waals surface area contributed by atoms with Crippen molar-refractivity contribution < 1.29 is 12.3 Å². The van der Waals surface area contributed by atoms with E-state index in [1.807, 2.05) is 66.7 Å². The van der Waals surface area contributed by atoms with E-state index in [4.69, 9.17) is 6.85 Å². The monoisotopic (exact) mass is 724 g/mol. The molecule has 10 rings (SSSR count).